The van der Waals surface area contributed by atoms with Crippen LogP contribution in [0.4, 0.5) is 0 Å². The number of hydrogen-bond donors (Lipinski definition) is 1. The van der Waals surface area contributed by atoms with Gasteiger partial charge in [-0.15, -0.1) is 0 Å². The van der Waals surface area contributed by atoms with Crippen molar-refractivity contribution >= 4 is 11.5 Å². The van der Waals surface area contributed by atoms with Crippen LogP contribution in [0.5, 0.6) is 0 Å². The van der Waals surface area contributed by atoms with E-state index in [-0.39, 0.29) is 0 Å². The lowest BCUT2D eigenvalue weighted by molar-refractivity contribution is -0.138. The summed E-state index contributed by atoms with van der Waals surface area (Å²) in [5, 5.41) is 12.9. The van der Waals surface area contributed by atoms with E-state index in [0.717, 1.165) is 11.1 Å². The molecular formula is C10H10N2O2. The molecular weight excluding hydrogens is 180 g/mol. The van der Waals surface area contributed by atoms with E-state index in [2.05, 4.69) is 5.10 Å². The maximum Gasteiger partial charge on any atom is 0.310 e. The summed E-state index contributed by atoms with van der Waals surface area (Å²) in [5.74, 6) is -1.32. The summed E-state index contributed by atoms with van der Waals surface area (Å²) in [5.41, 5.74) is 1.64. The first-order valence-corrected chi connectivity index (χ1v) is 4.35. The van der Waals surface area contributed by atoms with Gasteiger partial charge in [0.25, 0.3) is 0 Å². The van der Waals surface area contributed by atoms with Gasteiger partial charge in [-0.25, -0.2) is 4.52 Å². The molecule has 2 aromatic rings. The molecule has 0 amide bonds. The number of carbonyl (C=O) groups is 1. The van der Waals surface area contributed by atoms with Crippen molar-refractivity contribution in [2.75, 3.05) is 0 Å². The van der Waals surface area contributed by atoms with Crippen LogP contribution in [-0.4, -0.2) is 20.7 Å². The van der Waals surface area contributed by atoms with Gasteiger partial charge in [0.05, 0.1) is 11.4 Å². The lowest BCUT2D eigenvalue weighted by Gasteiger charge is -2.07. The number of nitrogens with zero attached hydrogens (tertiary/aromatic N) is 2. The zero-order chi connectivity index (χ0) is 10.1. The molecule has 1 atom stereocenters. The monoisotopic (exact) mass is 190 g/mol. The molecule has 0 aliphatic heterocycles. The van der Waals surface area contributed by atoms with Gasteiger partial charge < -0.3 is 5.11 Å². The van der Waals surface area contributed by atoms with Gasteiger partial charge in [0.15, 0.2) is 0 Å². The third-order valence-electron chi connectivity index (χ3n) is 2.31. The molecule has 0 bridgehead atoms. The maximum absolute atomic E-state index is 10.8. The highest BCUT2D eigenvalue weighted by Crippen LogP contribution is 2.20. The molecule has 0 aromatic carbocycles. The van der Waals surface area contributed by atoms with Crippen LogP contribution in [0.1, 0.15) is 18.4 Å². The number of rotatable bonds is 2. The second kappa shape index (κ2) is 3.14. The Labute approximate surface area is 80.8 Å². The van der Waals surface area contributed by atoms with Crippen LogP contribution >= 0.6 is 0 Å². The highest BCUT2D eigenvalue weighted by Gasteiger charge is 2.16. The van der Waals surface area contributed by atoms with Crippen LogP contribution in [-0.2, 0) is 4.79 Å². The molecule has 4 nitrogen and oxygen atoms in total. The van der Waals surface area contributed by atoms with Crippen molar-refractivity contribution in [3.8, 4) is 0 Å². The van der Waals surface area contributed by atoms with Crippen LogP contribution in [0.15, 0.2) is 30.6 Å². The molecule has 72 valence electrons. The molecule has 1 unspecified atom stereocenters. The van der Waals surface area contributed by atoms with E-state index < -0.39 is 11.9 Å². The number of fused-ring (bicyclic) bond motifs is 1. The summed E-state index contributed by atoms with van der Waals surface area (Å²) in [7, 11) is 0. The van der Waals surface area contributed by atoms with E-state index >= 15 is 0 Å². The SMILES string of the molecule is CC(C(=O)O)c1cccn2nccc12. The van der Waals surface area contributed by atoms with Gasteiger partial charge in [-0.2, -0.15) is 5.10 Å². The highest BCUT2D eigenvalue weighted by atomic mass is 16.4. The van der Waals surface area contributed by atoms with Gasteiger partial charge in [0.2, 0.25) is 0 Å². The third kappa shape index (κ3) is 1.25. The first-order valence-electron chi connectivity index (χ1n) is 4.35. The quantitative estimate of drug-likeness (QED) is 0.781. The number of hydrogen-bond acceptors (Lipinski definition) is 2. The van der Waals surface area contributed by atoms with Crippen LogP contribution < -0.4 is 0 Å². The standard InChI is InChI=1S/C10H10N2O2/c1-7(10(13)14)8-3-2-6-12-9(8)4-5-11-12/h2-7H,1H3,(H,13,14). The zero-order valence-electron chi connectivity index (χ0n) is 7.71. The number of aromatic nitrogens is 2. The van der Waals surface area contributed by atoms with Gasteiger partial charge in [-0.1, -0.05) is 6.07 Å². The topological polar surface area (TPSA) is 54.6 Å². The summed E-state index contributed by atoms with van der Waals surface area (Å²) in [6.45, 7) is 1.67. The largest absolute Gasteiger partial charge is 0.481 e. The van der Waals surface area contributed by atoms with Gasteiger partial charge in [0, 0.05) is 12.4 Å². The summed E-state index contributed by atoms with van der Waals surface area (Å²) >= 11 is 0. The zero-order valence-corrected chi connectivity index (χ0v) is 7.71. The van der Waals surface area contributed by atoms with Crippen molar-refractivity contribution in [1.29, 1.82) is 0 Å². The normalized spacial score (nSPS) is 12.9. The average molecular weight is 190 g/mol. The minimum Gasteiger partial charge on any atom is -0.481 e. The molecule has 14 heavy (non-hydrogen) atoms. The minimum absolute atomic E-state index is 0.504. The van der Waals surface area contributed by atoms with E-state index in [1.807, 2.05) is 12.1 Å². The number of aliphatic carboxylic acids is 1. The second-order valence-corrected chi connectivity index (χ2v) is 3.18. The van der Waals surface area contributed by atoms with Crippen LogP contribution in [0.3, 0.4) is 0 Å². The lowest BCUT2D eigenvalue weighted by Crippen LogP contribution is -2.08. The van der Waals surface area contributed by atoms with Crippen molar-refractivity contribution < 1.29 is 9.90 Å². The molecule has 2 heterocycles. The summed E-state index contributed by atoms with van der Waals surface area (Å²) in [4.78, 5) is 10.8. The Morgan fingerprint density at radius 2 is 2.36 bits per heavy atom. The van der Waals surface area contributed by atoms with Gasteiger partial charge in [-0.05, 0) is 24.6 Å². The fourth-order valence-corrected chi connectivity index (χ4v) is 1.47. The van der Waals surface area contributed by atoms with Crippen molar-refractivity contribution in [1.82, 2.24) is 9.61 Å². The van der Waals surface area contributed by atoms with Crippen molar-refractivity contribution in [3.05, 3.63) is 36.2 Å². The van der Waals surface area contributed by atoms with E-state index in [1.165, 1.54) is 0 Å². The van der Waals surface area contributed by atoms with E-state index in [1.54, 1.807) is 29.9 Å². The highest BCUT2D eigenvalue weighted by molar-refractivity contribution is 5.79. The number of pyridine rings is 1. The summed E-state index contributed by atoms with van der Waals surface area (Å²) < 4.78 is 1.68. The third-order valence-corrected chi connectivity index (χ3v) is 2.31. The molecule has 0 aliphatic rings. The van der Waals surface area contributed by atoms with Crippen LogP contribution in [0.25, 0.3) is 5.52 Å². The first kappa shape index (κ1) is 8.74. The fourth-order valence-electron chi connectivity index (χ4n) is 1.47. The Hall–Kier alpha value is -1.84. The maximum atomic E-state index is 10.8. The molecule has 0 aliphatic carbocycles. The molecule has 2 rings (SSSR count). The Morgan fingerprint density at radius 3 is 3.07 bits per heavy atom. The van der Waals surface area contributed by atoms with E-state index in [4.69, 9.17) is 5.11 Å². The Bertz CT molecular complexity index is 476. The second-order valence-electron chi connectivity index (χ2n) is 3.18. The number of carboxylic acids is 1. The Kier molecular flexibility index (Phi) is 1.96. The fraction of sp³-hybridized carbons (Fsp3) is 0.200. The lowest BCUT2D eigenvalue weighted by atomic mass is 10.0. The van der Waals surface area contributed by atoms with Crippen LogP contribution in [0.2, 0.25) is 0 Å². The number of carboxylic acid groups (broad SMARTS) is 1. The molecule has 0 saturated heterocycles. The van der Waals surface area contributed by atoms with Gasteiger partial charge in [-0.3, -0.25) is 4.79 Å². The summed E-state index contributed by atoms with van der Waals surface area (Å²) in [6, 6.07) is 5.43. The smallest absolute Gasteiger partial charge is 0.310 e. The van der Waals surface area contributed by atoms with E-state index in [9.17, 15) is 4.79 Å². The van der Waals surface area contributed by atoms with Crippen molar-refractivity contribution in [2.45, 2.75) is 12.8 Å². The first-order chi connectivity index (χ1) is 6.70. The molecule has 0 saturated carbocycles. The molecule has 0 radical (unpaired) electrons. The van der Waals surface area contributed by atoms with E-state index in [0.29, 0.717) is 0 Å². The molecule has 2 aromatic heterocycles. The van der Waals surface area contributed by atoms with Gasteiger partial charge in [0.1, 0.15) is 0 Å². The Balaban J connectivity index is 2.61. The van der Waals surface area contributed by atoms with Crippen molar-refractivity contribution in [3.63, 3.8) is 0 Å². The predicted molar refractivity (Wildman–Crippen MR) is 51.2 cm³/mol. The van der Waals surface area contributed by atoms with Crippen LogP contribution in [0, 0.1) is 0 Å². The average Bonchev–Trinajstić information content (AvgIpc) is 2.63. The molecule has 0 fully saturated rings. The predicted octanol–water partition coefficient (Wildman–Crippen LogP) is 1.52. The Morgan fingerprint density at radius 1 is 1.57 bits per heavy atom. The van der Waals surface area contributed by atoms with Gasteiger partial charge >= 0.3 is 5.97 Å². The van der Waals surface area contributed by atoms with Crippen molar-refractivity contribution in [2.24, 2.45) is 0 Å². The molecule has 1 N–H and O–H groups in total. The molecule has 4 heteroatoms. The minimum atomic E-state index is -0.820. The summed E-state index contributed by atoms with van der Waals surface area (Å²) in [6.07, 6.45) is 3.46. The molecule has 0 spiro atoms.